The van der Waals surface area contributed by atoms with Crippen LogP contribution >= 0.6 is 24.0 Å². The number of guanidine groups is 1. The molecule has 1 saturated heterocycles. The number of amides is 1. The van der Waals surface area contributed by atoms with Gasteiger partial charge in [0.25, 0.3) is 0 Å². The number of carbonyl (C=O) groups is 1. The van der Waals surface area contributed by atoms with Gasteiger partial charge in [-0.05, 0) is 31.4 Å². The molecule has 1 aliphatic heterocycles. The van der Waals surface area contributed by atoms with Crippen molar-refractivity contribution in [1.29, 1.82) is 0 Å². The van der Waals surface area contributed by atoms with E-state index in [-0.39, 0.29) is 35.8 Å². The number of piperidine rings is 1. The fraction of sp³-hybridized carbons (Fsp3) is 0.524. The molecule has 1 amide bonds. The molecular weight excluding hydrogens is 493 g/mol. The number of hydrogen-bond donors (Lipinski definition) is 3. The molecule has 2 aromatic rings. The van der Waals surface area contributed by atoms with E-state index in [9.17, 15) is 4.79 Å². The summed E-state index contributed by atoms with van der Waals surface area (Å²) >= 11 is 0. The zero-order valence-electron chi connectivity index (χ0n) is 17.9. The average molecular weight is 525 g/mol. The summed E-state index contributed by atoms with van der Waals surface area (Å²) in [5.41, 5.74) is 2.10. The topological polar surface area (TPSA) is 98.3 Å². The van der Waals surface area contributed by atoms with E-state index in [0.717, 1.165) is 55.4 Å². The Hall–Kier alpha value is -2.17. The lowest BCUT2D eigenvalue weighted by atomic mass is 10.0. The molecule has 0 spiro atoms. The summed E-state index contributed by atoms with van der Waals surface area (Å²) in [5, 5.41) is 13.7. The lowest BCUT2D eigenvalue weighted by Gasteiger charge is -2.34. The highest BCUT2D eigenvalue weighted by molar-refractivity contribution is 14.0. The smallest absolute Gasteiger partial charge is 0.225 e. The Morgan fingerprint density at radius 1 is 1.33 bits per heavy atom. The molecule has 0 radical (unpaired) electrons. The SMILES string of the molecule is CCNC(=NCc1cccc(-c2ncn[nH]2)c1)NC1CCN(C(=O)C(C)C)CC1.I. The second-order valence-electron chi connectivity index (χ2n) is 7.63. The predicted molar refractivity (Wildman–Crippen MR) is 130 cm³/mol. The van der Waals surface area contributed by atoms with E-state index >= 15 is 0 Å². The van der Waals surface area contributed by atoms with E-state index in [1.807, 2.05) is 30.9 Å². The van der Waals surface area contributed by atoms with Crippen molar-refractivity contribution >= 4 is 35.8 Å². The number of carbonyl (C=O) groups excluding carboxylic acids is 1. The lowest BCUT2D eigenvalue weighted by molar-refractivity contribution is -0.135. The van der Waals surface area contributed by atoms with Gasteiger partial charge in [-0.3, -0.25) is 9.89 Å². The fourth-order valence-electron chi connectivity index (χ4n) is 3.45. The Bertz CT molecular complexity index is 815. The van der Waals surface area contributed by atoms with Crippen LogP contribution in [-0.2, 0) is 11.3 Å². The molecule has 8 nitrogen and oxygen atoms in total. The Morgan fingerprint density at radius 3 is 2.73 bits per heavy atom. The Labute approximate surface area is 195 Å². The first-order valence-electron chi connectivity index (χ1n) is 10.3. The molecule has 3 rings (SSSR count). The van der Waals surface area contributed by atoms with Crippen LogP contribution in [0.5, 0.6) is 0 Å². The van der Waals surface area contributed by atoms with Crippen molar-refractivity contribution in [2.75, 3.05) is 19.6 Å². The fourth-order valence-corrected chi connectivity index (χ4v) is 3.45. The van der Waals surface area contributed by atoms with Gasteiger partial charge in [0.05, 0.1) is 6.54 Å². The molecule has 0 atom stereocenters. The normalized spacial score (nSPS) is 15.1. The van der Waals surface area contributed by atoms with Crippen LogP contribution in [0.15, 0.2) is 35.6 Å². The number of aliphatic imine (C=N–C) groups is 1. The van der Waals surface area contributed by atoms with Gasteiger partial charge >= 0.3 is 0 Å². The number of rotatable bonds is 6. The van der Waals surface area contributed by atoms with Gasteiger partial charge in [0.1, 0.15) is 6.33 Å². The van der Waals surface area contributed by atoms with Crippen LogP contribution in [0, 0.1) is 5.92 Å². The highest BCUT2D eigenvalue weighted by atomic mass is 127. The molecule has 0 bridgehead atoms. The van der Waals surface area contributed by atoms with E-state index in [1.54, 1.807) is 0 Å². The quantitative estimate of drug-likeness (QED) is 0.306. The van der Waals surface area contributed by atoms with Gasteiger partial charge in [-0.15, -0.1) is 24.0 Å². The van der Waals surface area contributed by atoms with E-state index < -0.39 is 0 Å². The van der Waals surface area contributed by atoms with Crippen LogP contribution in [0.1, 0.15) is 39.2 Å². The molecule has 0 saturated carbocycles. The number of H-pyrrole nitrogens is 1. The minimum Gasteiger partial charge on any atom is -0.357 e. The molecule has 3 N–H and O–H groups in total. The first kappa shape index (κ1) is 24.1. The molecular formula is C21H32IN7O. The second-order valence-corrected chi connectivity index (χ2v) is 7.63. The van der Waals surface area contributed by atoms with Crippen molar-refractivity contribution in [1.82, 2.24) is 30.7 Å². The highest BCUT2D eigenvalue weighted by Crippen LogP contribution is 2.16. The molecule has 1 aromatic carbocycles. The van der Waals surface area contributed by atoms with Crippen LogP contribution in [0.25, 0.3) is 11.4 Å². The van der Waals surface area contributed by atoms with Crippen molar-refractivity contribution in [3.63, 3.8) is 0 Å². The molecule has 1 aliphatic rings. The number of halogens is 1. The van der Waals surface area contributed by atoms with Crippen LogP contribution in [0.3, 0.4) is 0 Å². The number of benzene rings is 1. The third-order valence-electron chi connectivity index (χ3n) is 5.02. The minimum absolute atomic E-state index is 0. The van der Waals surface area contributed by atoms with Gasteiger partial charge in [0, 0.05) is 37.2 Å². The summed E-state index contributed by atoms with van der Waals surface area (Å²) in [4.78, 5) is 23.1. The predicted octanol–water partition coefficient (Wildman–Crippen LogP) is 2.79. The van der Waals surface area contributed by atoms with Crippen LogP contribution in [0.4, 0.5) is 0 Å². The van der Waals surface area contributed by atoms with Crippen LogP contribution in [0.2, 0.25) is 0 Å². The van der Waals surface area contributed by atoms with Crippen molar-refractivity contribution in [3.05, 3.63) is 36.2 Å². The molecule has 0 unspecified atom stereocenters. The molecule has 30 heavy (non-hydrogen) atoms. The van der Waals surface area contributed by atoms with E-state index in [0.29, 0.717) is 12.6 Å². The summed E-state index contributed by atoms with van der Waals surface area (Å²) in [7, 11) is 0. The maximum atomic E-state index is 12.2. The van der Waals surface area contributed by atoms with Crippen LogP contribution in [-0.4, -0.2) is 57.6 Å². The van der Waals surface area contributed by atoms with E-state index in [2.05, 4.69) is 44.9 Å². The van der Waals surface area contributed by atoms with Gasteiger partial charge in [-0.25, -0.2) is 9.98 Å². The van der Waals surface area contributed by atoms with Gasteiger partial charge in [-0.1, -0.05) is 32.0 Å². The molecule has 1 fully saturated rings. The number of nitrogens with one attached hydrogen (secondary N) is 3. The third-order valence-corrected chi connectivity index (χ3v) is 5.02. The summed E-state index contributed by atoms with van der Waals surface area (Å²) in [6.45, 7) is 8.95. The molecule has 1 aromatic heterocycles. The van der Waals surface area contributed by atoms with Crippen molar-refractivity contribution in [2.24, 2.45) is 10.9 Å². The second kappa shape index (κ2) is 11.9. The lowest BCUT2D eigenvalue weighted by Crippen LogP contribution is -2.50. The molecule has 164 valence electrons. The van der Waals surface area contributed by atoms with Crippen molar-refractivity contribution in [2.45, 2.75) is 46.2 Å². The third kappa shape index (κ3) is 6.68. The van der Waals surface area contributed by atoms with Crippen molar-refractivity contribution < 1.29 is 4.79 Å². The maximum Gasteiger partial charge on any atom is 0.225 e. The number of nitrogens with zero attached hydrogens (tertiary/aromatic N) is 4. The summed E-state index contributed by atoms with van der Waals surface area (Å²) in [6, 6.07) is 8.46. The highest BCUT2D eigenvalue weighted by Gasteiger charge is 2.24. The van der Waals surface area contributed by atoms with Gasteiger partial charge in [0.2, 0.25) is 5.91 Å². The Morgan fingerprint density at radius 2 is 2.10 bits per heavy atom. The van der Waals surface area contributed by atoms with Gasteiger partial charge in [0.15, 0.2) is 11.8 Å². The number of aromatic nitrogens is 3. The van der Waals surface area contributed by atoms with Gasteiger partial charge in [-0.2, -0.15) is 5.10 Å². The minimum atomic E-state index is 0. The number of aromatic amines is 1. The summed E-state index contributed by atoms with van der Waals surface area (Å²) in [6.07, 6.45) is 3.38. The Kier molecular flexibility index (Phi) is 9.54. The molecule has 2 heterocycles. The van der Waals surface area contributed by atoms with Gasteiger partial charge < -0.3 is 15.5 Å². The van der Waals surface area contributed by atoms with Crippen molar-refractivity contribution in [3.8, 4) is 11.4 Å². The maximum absolute atomic E-state index is 12.2. The summed E-state index contributed by atoms with van der Waals surface area (Å²) in [5.74, 6) is 1.87. The van der Waals surface area contributed by atoms with E-state index in [4.69, 9.17) is 4.99 Å². The Balaban J connectivity index is 0.00000320. The van der Waals surface area contributed by atoms with Crippen LogP contribution < -0.4 is 10.6 Å². The zero-order chi connectivity index (χ0) is 20.6. The van der Waals surface area contributed by atoms with E-state index in [1.165, 1.54) is 6.33 Å². The largest absolute Gasteiger partial charge is 0.357 e. The number of hydrogen-bond acceptors (Lipinski definition) is 4. The standard InChI is InChI=1S/C21H31N7O.HI/c1-4-22-21(26-18-8-10-28(11-9-18)20(29)15(2)3)23-13-16-6-5-7-17(12-16)19-24-14-25-27-19;/h5-7,12,14-15,18H,4,8-11,13H2,1-3H3,(H2,22,23,26)(H,24,25,27);1H. The number of likely N-dealkylation sites (tertiary alicyclic amines) is 1. The first-order chi connectivity index (χ1) is 14.1. The molecule has 0 aliphatic carbocycles. The first-order valence-corrected chi connectivity index (χ1v) is 10.3. The summed E-state index contributed by atoms with van der Waals surface area (Å²) < 4.78 is 0. The monoisotopic (exact) mass is 525 g/mol. The average Bonchev–Trinajstić information content (AvgIpc) is 3.27. The molecule has 9 heteroatoms. The zero-order valence-corrected chi connectivity index (χ0v) is 20.2.